The summed E-state index contributed by atoms with van der Waals surface area (Å²) < 4.78 is 6.69. The van der Waals surface area contributed by atoms with E-state index in [1.165, 1.54) is 29.5 Å². The minimum absolute atomic E-state index is 0.181. The molecule has 0 amide bonds. The molecule has 1 aromatic rings. The highest BCUT2D eigenvalue weighted by molar-refractivity contribution is 9.10. The molecule has 1 aromatic carbocycles. The Bertz CT molecular complexity index is 424. The van der Waals surface area contributed by atoms with Gasteiger partial charge in [0.25, 0.3) is 0 Å². The summed E-state index contributed by atoms with van der Waals surface area (Å²) in [6.45, 7) is 4.93. The molecule has 1 aliphatic carbocycles. The van der Waals surface area contributed by atoms with E-state index in [2.05, 4.69) is 35.8 Å². The fourth-order valence-corrected chi connectivity index (χ4v) is 2.99. The van der Waals surface area contributed by atoms with E-state index >= 15 is 0 Å². The number of benzene rings is 1. The average molecular weight is 284 g/mol. The number of halogens is 1. The summed E-state index contributed by atoms with van der Waals surface area (Å²) >= 11 is 3.57. The van der Waals surface area contributed by atoms with Gasteiger partial charge >= 0.3 is 0 Å². The second-order valence-electron chi connectivity index (χ2n) is 4.69. The number of ether oxygens (including phenoxy) is 1. The van der Waals surface area contributed by atoms with Crippen LogP contribution in [0.1, 0.15) is 29.5 Å². The minimum Gasteiger partial charge on any atom is -0.496 e. The van der Waals surface area contributed by atoms with Crippen LogP contribution in [-0.2, 0) is 5.41 Å². The van der Waals surface area contributed by atoms with E-state index in [4.69, 9.17) is 10.5 Å². The summed E-state index contributed by atoms with van der Waals surface area (Å²) in [7, 11) is 1.74. The second-order valence-corrected chi connectivity index (χ2v) is 5.55. The van der Waals surface area contributed by atoms with Crippen LogP contribution in [0.3, 0.4) is 0 Å². The highest BCUT2D eigenvalue weighted by Crippen LogP contribution is 2.53. The molecule has 0 unspecified atom stereocenters. The molecule has 2 nitrogen and oxygen atoms in total. The van der Waals surface area contributed by atoms with Crippen LogP contribution in [0.4, 0.5) is 0 Å². The van der Waals surface area contributed by atoms with E-state index in [0.29, 0.717) is 6.54 Å². The molecule has 0 aromatic heterocycles. The molecule has 0 heterocycles. The maximum Gasteiger partial charge on any atom is 0.126 e. The molecule has 0 bridgehead atoms. The molecule has 1 aliphatic rings. The third-order valence-corrected chi connectivity index (χ3v) is 4.47. The number of hydrogen-bond donors (Lipinski definition) is 1. The Morgan fingerprint density at radius 3 is 2.50 bits per heavy atom. The first-order chi connectivity index (χ1) is 7.55. The quantitative estimate of drug-likeness (QED) is 0.925. The van der Waals surface area contributed by atoms with Crippen LogP contribution in [0.25, 0.3) is 0 Å². The van der Waals surface area contributed by atoms with Crippen molar-refractivity contribution in [3.05, 3.63) is 27.2 Å². The topological polar surface area (TPSA) is 35.2 Å². The van der Waals surface area contributed by atoms with Crippen LogP contribution in [-0.4, -0.2) is 13.7 Å². The van der Waals surface area contributed by atoms with Crippen molar-refractivity contribution in [3.8, 4) is 5.75 Å². The Morgan fingerprint density at radius 2 is 2.06 bits per heavy atom. The van der Waals surface area contributed by atoms with Gasteiger partial charge in [-0.3, -0.25) is 0 Å². The molecule has 2 N–H and O–H groups in total. The van der Waals surface area contributed by atoms with Gasteiger partial charge in [0.2, 0.25) is 0 Å². The second kappa shape index (κ2) is 4.04. The van der Waals surface area contributed by atoms with Crippen molar-refractivity contribution in [1.29, 1.82) is 0 Å². The molecule has 88 valence electrons. The molecule has 0 saturated heterocycles. The normalized spacial score (nSPS) is 17.3. The van der Waals surface area contributed by atoms with E-state index in [1.54, 1.807) is 7.11 Å². The van der Waals surface area contributed by atoms with Crippen molar-refractivity contribution >= 4 is 15.9 Å². The summed E-state index contributed by atoms with van der Waals surface area (Å²) in [6, 6.07) is 2.17. The Labute approximate surface area is 105 Å². The van der Waals surface area contributed by atoms with E-state index in [-0.39, 0.29) is 5.41 Å². The molecule has 0 atom stereocenters. The first-order valence-corrected chi connectivity index (χ1v) is 6.39. The van der Waals surface area contributed by atoms with Gasteiger partial charge in [0, 0.05) is 27.6 Å². The van der Waals surface area contributed by atoms with Crippen molar-refractivity contribution in [2.75, 3.05) is 13.7 Å². The first kappa shape index (κ1) is 11.9. The summed E-state index contributed by atoms with van der Waals surface area (Å²) in [5, 5.41) is 0. The highest BCUT2D eigenvalue weighted by atomic mass is 79.9. The lowest BCUT2D eigenvalue weighted by Crippen LogP contribution is -2.22. The van der Waals surface area contributed by atoms with E-state index in [1.807, 2.05) is 0 Å². The number of nitrogens with two attached hydrogens (primary N) is 1. The van der Waals surface area contributed by atoms with Gasteiger partial charge in [0.15, 0.2) is 0 Å². The van der Waals surface area contributed by atoms with Crippen molar-refractivity contribution < 1.29 is 4.74 Å². The number of aryl methyl sites for hydroxylation is 1. The van der Waals surface area contributed by atoms with E-state index < -0.39 is 0 Å². The molecular formula is C13H18BrNO. The van der Waals surface area contributed by atoms with Gasteiger partial charge in [-0.1, -0.05) is 15.9 Å². The van der Waals surface area contributed by atoms with E-state index in [9.17, 15) is 0 Å². The summed E-state index contributed by atoms with van der Waals surface area (Å²) in [5.41, 5.74) is 9.86. The third-order valence-electron chi connectivity index (χ3n) is 3.64. The maximum atomic E-state index is 5.91. The molecule has 16 heavy (non-hydrogen) atoms. The molecular weight excluding hydrogens is 266 g/mol. The lowest BCUT2D eigenvalue weighted by atomic mass is 9.89. The van der Waals surface area contributed by atoms with Crippen LogP contribution >= 0.6 is 15.9 Å². The van der Waals surface area contributed by atoms with Gasteiger partial charge in [-0.2, -0.15) is 0 Å². The van der Waals surface area contributed by atoms with Crippen molar-refractivity contribution in [2.45, 2.75) is 32.1 Å². The lowest BCUT2D eigenvalue weighted by Gasteiger charge is -2.22. The number of rotatable bonds is 3. The summed E-state index contributed by atoms with van der Waals surface area (Å²) in [5.74, 6) is 1.01. The smallest absolute Gasteiger partial charge is 0.126 e. The van der Waals surface area contributed by atoms with Crippen LogP contribution in [0.5, 0.6) is 5.75 Å². The SMILES string of the molecule is COc1c(C)c(Br)cc(C)c1C1(CN)CC1. The Hall–Kier alpha value is -0.540. The van der Waals surface area contributed by atoms with Crippen LogP contribution in [0.15, 0.2) is 10.5 Å². The van der Waals surface area contributed by atoms with Gasteiger partial charge in [-0.05, 0) is 38.3 Å². The van der Waals surface area contributed by atoms with Crippen molar-refractivity contribution in [2.24, 2.45) is 5.73 Å². The Balaban J connectivity index is 2.64. The zero-order valence-electron chi connectivity index (χ0n) is 10.1. The van der Waals surface area contributed by atoms with Gasteiger partial charge in [-0.25, -0.2) is 0 Å². The molecule has 0 radical (unpaired) electrons. The monoisotopic (exact) mass is 283 g/mol. The molecule has 0 spiro atoms. The van der Waals surface area contributed by atoms with Gasteiger partial charge in [-0.15, -0.1) is 0 Å². The third kappa shape index (κ3) is 1.66. The largest absolute Gasteiger partial charge is 0.496 e. The first-order valence-electron chi connectivity index (χ1n) is 5.60. The molecule has 3 heteroatoms. The maximum absolute atomic E-state index is 5.91. The highest BCUT2D eigenvalue weighted by Gasteiger charge is 2.46. The molecule has 1 fully saturated rings. The number of hydrogen-bond acceptors (Lipinski definition) is 2. The molecule has 0 aliphatic heterocycles. The molecule has 1 saturated carbocycles. The van der Waals surface area contributed by atoms with Crippen molar-refractivity contribution in [3.63, 3.8) is 0 Å². The van der Waals surface area contributed by atoms with Gasteiger partial charge < -0.3 is 10.5 Å². The minimum atomic E-state index is 0.181. The zero-order valence-corrected chi connectivity index (χ0v) is 11.6. The Morgan fingerprint density at radius 1 is 1.44 bits per heavy atom. The predicted octanol–water partition coefficient (Wildman–Crippen LogP) is 3.06. The van der Waals surface area contributed by atoms with E-state index in [0.717, 1.165) is 10.2 Å². The zero-order chi connectivity index (χ0) is 11.9. The van der Waals surface area contributed by atoms with Gasteiger partial charge in [0.1, 0.15) is 5.75 Å². The molecule has 2 rings (SSSR count). The fourth-order valence-electron chi connectivity index (χ4n) is 2.47. The van der Waals surface area contributed by atoms with Crippen LogP contribution in [0, 0.1) is 13.8 Å². The van der Waals surface area contributed by atoms with Crippen LogP contribution in [0.2, 0.25) is 0 Å². The average Bonchev–Trinajstić information content (AvgIpc) is 3.03. The fraction of sp³-hybridized carbons (Fsp3) is 0.538. The van der Waals surface area contributed by atoms with Gasteiger partial charge in [0.05, 0.1) is 7.11 Å². The standard InChI is InChI=1S/C13H18BrNO/c1-8-6-10(14)9(2)12(16-3)11(8)13(7-15)4-5-13/h6H,4-5,7,15H2,1-3H3. The lowest BCUT2D eigenvalue weighted by molar-refractivity contribution is 0.400. The Kier molecular flexibility index (Phi) is 3.01. The summed E-state index contributed by atoms with van der Waals surface area (Å²) in [4.78, 5) is 0. The number of methoxy groups -OCH3 is 1. The summed E-state index contributed by atoms with van der Waals surface area (Å²) in [6.07, 6.45) is 2.36. The predicted molar refractivity (Wildman–Crippen MR) is 70.1 cm³/mol. The van der Waals surface area contributed by atoms with Crippen LogP contribution < -0.4 is 10.5 Å². The van der Waals surface area contributed by atoms with Crippen molar-refractivity contribution in [1.82, 2.24) is 0 Å².